The summed E-state index contributed by atoms with van der Waals surface area (Å²) >= 11 is 0. The van der Waals surface area contributed by atoms with E-state index in [0.29, 0.717) is 38.6 Å². The van der Waals surface area contributed by atoms with E-state index in [4.69, 9.17) is 4.74 Å². The Morgan fingerprint density at radius 3 is 2.20 bits per heavy atom. The zero-order valence-corrected chi connectivity index (χ0v) is 13.4. The first-order valence-electron chi connectivity index (χ1n) is 7.39. The second kappa shape index (κ2) is 7.07. The highest BCUT2D eigenvalue weighted by molar-refractivity contribution is 5.89. The van der Waals surface area contributed by atoms with E-state index in [1.165, 1.54) is 0 Å². The minimum Gasteiger partial charge on any atom is -0.378 e. The van der Waals surface area contributed by atoms with Gasteiger partial charge in [0.05, 0.1) is 13.2 Å². The van der Waals surface area contributed by atoms with Gasteiger partial charge >= 0.3 is 0 Å². The Hall–Kier alpha value is -1.10. The van der Waals surface area contributed by atoms with Gasteiger partial charge in [-0.2, -0.15) is 0 Å². The van der Waals surface area contributed by atoms with Crippen LogP contribution in [0.3, 0.4) is 0 Å². The average molecular weight is 284 g/mol. The number of nitrogens with zero attached hydrogens (tertiary/aromatic N) is 1. The number of hydrogen-bond acceptors (Lipinski definition) is 3. The monoisotopic (exact) mass is 284 g/mol. The molecule has 0 aromatic carbocycles. The van der Waals surface area contributed by atoms with Gasteiger partial charge in [-0.1, -0.05) is 34.6 Å². The third-order valence-corrected chi connectivity index (χ3v) is 3.31. The highest BCUT2D eigenvalue weighted by atomic mass is 16.5. The highest BCUT2D eigenvalue weighted by Crippen LogP contribution is 2.16. The van der Waals surface area contributed by atoms with E-state index in [9.17, 15) is 9.59 Å². The van der Waals surface area contributed by atoms with Crippen LogP contribution in [0.5, 0.6) is 0 Å². The van der Waals surface area contributed by atoms with Crippen LogP contribution >= 0.6 is 0 Å². The van der Waals surface area contributed by atoms with Crippen molar-refractivity contribution in [1.82, 2.24) is 10.2 Å². The van der Waals surface area contributed by atoms with Crippen LogP contribution < -0.4 is 5.32 Å². The van der Waals surface area contributed by atoms with Crippen molar-refractivity contribution in [3.8, 4) is 0 Å². The molecule has 1 aliphatic heterocycles. The van der Waals surface area contributed by atoms with Gasteiger partial charge in [0.25, 0.3) is 0 Å². The molecule has 0 aliphatic carbocycles. The van der Waals surface area contributed by atoms with E-state index in [-0.39, 0.29) is 11.8 Å². The van der Waals surface area contributed by atoms with E-state index in [1.54, 1.807) is 4.90 Å². The van der Waals surface area contributed by atoms with Crippen LogP contribution in [0.1, 0.15) is 41.0 Å². The van der Waals surface area contributed by atoms with E-state index < -0.39 is 11.5 Å². The van der Waals surface area contributed by atoms with Gasteiger partial charge in [-0.05, 0) is 12.3 Å². The predicted octanol–water partition coefficient (Wildman–Crippen LogP) is 1.42. The molecule has 0 aromatic rings. The Labute approximate surface area is 122 Å². The molecule has 116 valence electrons. The zero-order chi connectivity index (χ0) is 15.3. The molecule has 1 heterocycles. The molecule has 5 heteroatoms. The van der Waals surface area contributed by atoms with Gasteiger partial charge < -0.3 is 15.0 Å². The number of carbonyl (C=O) groups is 2. The average Bonchev–Trinajstić information content (AvgIpc) is 2.36. The van der Waals surface area contributed by atoms with Crippen molar-refractivity contribution >= 4 is 11.8 Å². The van der Waals surface area contributed by atoms with Crippen molar-refractivity contribution in [2.24, 2.45) is 11.3 Å². The summed E-state index contributed by atoms with van der Waals surface area (Å²) in [5, 5.41) is 2.91. The van der Waals surface area contributed by atoms with Crippen molar-refractivity contribution in [2.45, 2.75) is 47.1 Å². The van der Waals surface area contributed by atoms with Gasteiger partial charge in [0.2, 0.25) is 11.8 Å². The molecule has 0 radical (unpaired) electrons. The van der Waals surface area contributed by atoms with E-state index in [1.807, 2.05) is 20.8 Å². The Balaban J connectivity index is 2.72. The Kier molecular flexibility index (Phi) is 5.99. The van der Waals surface area contributed by atoms with Gasteiger partial charge in [0.15, 0.2) is 0 Å². The van der Waals surface area contributed by atoms with Gasteiger partial charge in [0.1, 0.15) is 6.04 Å². The maximum Gasteiger partial charge on any atom is 0.245 e. The van der Waals surface area contributed by atoms with Crippen molar-refractivity contribution in [3.05, 3.63) is 0 Å². The van der Waals surface area contributed by atoms with Crippen molar-refractivity contribution in [1.29, 1.82) is 0 Å². The van der Waals surface area contributed by atoms with Crippen LogP contribution in [0.4, 0.5) is 0 Å². The molecule has 1 rings (SSSR count). The lowest BCUT2D eigenvalue weighted by atomic mass is 9.94. The van der Waals surface area contributed by atoms with Crippen molar-refractivity contribution < 1.29 is 14.3 Å². The smallest absolute Gasteiger partial charge is 0.245 e. The molecule has 1 atom stereocenters. The SMILES string of the molecule is CC(C)C[C@@H](NC(=O)C(C)(C)C)C(=O)N1CCOCC1. The number of hydrogen-bond donors (Lipinski definition) is 1. The summed E-state index contributed by atoms with van der Waals surface area (Å²) in [6, 6.07) is -0.431. The summed E-state index contributed by atoms with van der Waals surface area (Å²) in [7, 11) is 0. The molecule has 1 N–H and O–H groups in total. The Bertz CT molecular complexity index is 342. The normalized spacial score (nSPS) is 18.0. The van der Waals surface area contributed by atoms with E-state index in [0.717, 1.165) is 0 Å². The maximum atomic E-state index is 12.6. The molecule has 0 unspecified atom stereocenters. The zero-order valence-electron chi connectivity index (χ0n) is 13.4. The fraction of sp³-hybridized carbons (Fsp3) is 0.867. The summed E-state index contributed by atoms with van der Waals surface area (Å²) in [6.45, 7) is 12.1. The Morgan fingerprint density at radius 2 is 1.75 bits per heavy atom. The summed E-state index contributed by atoms with van der Waals surface area (Å²) in [5.41, 5.74) is -0.486. The predicted molar refractivity (Wildman–Crippen MR) is 78.2 cm³/mol. The van der Waals surface area contributed by atoms with Crippen LogP contribution in [0.2, 0.25) is 0 Å². The van der Waals surface area contributed by atoms with Gasteiger partial charge in [-0.15, -0.1) is 0 Å². The maximum absolute atomic E-state index is 12.6. The van der Waals surface area contributed by atoms with Crippen LogP contribution in [0.15, 0.2) is 0 Å². The van der Waals surface area contributed by atoms with E-state index >= 15 is 0 Å². The van der Waals surface area contributed by atoms with Crippen molar-refractivity contribution in [2.75, 3.05) is 26.3 Å². The third-order valence-electron chi connectivity index (χ3n) is 3.31. The van der Waals surface area contributed by atoms with Crippen LogP contribution in [0, 0.1) is 11.3 Å². The first-order valence-corrected chi connectivity index (χ1v) is 7.39. The molecule has 0 aromatic heterocycles. The minimum atomic E-state index is -0.486. The molecule has 0 saturated carbocycles. The molecule has 1 aliphatic rings. The lowest BCUT2D eigenvalue weighted by Gasteiger charge is -2.32. The first kappa shape index (κ1) is 17.0. The molecule has 2 amide bonds. The van der Waals surface area contributed by atoms with Gasteiger partial charge in [0, 0.05) is 18.5 Å². The van der Waals surface area contributed by atoms with Crippen LogP contribution in [-0.2, 0) is 14.3 Å². The van der Waals surface area contributed by atoms with Crippen LogP contribution in [-0.4, -0.2) is 49.1 Å². The second-order valence-corrected chi connectivity index (χ2v) is 6.84. The second-order valence-electron chi connectivity index (χ2n) is 6.84. The number of nitrogens with one attached hydrogen (secondary N) is 1. The number of rotatable bonds is 4. The quantitative estimate of drug-likeness (QED) is 0.849. The molecule has 5 nitrogen and oxygen atoms in total. The Morgan fingerprint density at radius 1 is 1.20 bits per heavy atom. The molecule has 1 saturated heterocycles. The lowest BCUT2D eigenvalue weighted by Crippen LogP contribution is -2.53. The molecule has 20 heavy (non-hydrogen) atoms. The standard InChI is InChI=1S/C15H28N2O3/c1-11(2)10-12(16-14(19)15(3,4)5)13(18)17-6-8-20-9-7-17/h11-12H,6-10H2,1-5H3,(H,16,19)/t12-/m1/s1. The summed E-state index contributed by atoms with van der Waals surface area (Å²) < 4.78 is 5.26. The third kappa shape index (κ3) is 5.12. The summed E-state index contributed by atoms with van der Waals surface area (Å²) in [6.07, 6.45) is 0.665. The molecular formula is C15H28N2O3. The largest absolute Gasteiger partial charge is 0.378 e. The molecule has 0 bridgehead atoms. The summed E-state index contributed by atoms with van der Waals surface area (Å²) in [5.74, 6) is 0.287. The fourth-order valence-corrected chi connectivity index (χ4v) is 2.07. The molecule has 0 spiro atoms. The number of amides is 2. The topological polar surface area (TPSA) is 58.6 Å². The molecule has 1 fully saturated rings. The lowest BCUT2D eigenvalue weighted by molar-refractivity contribution is -0.142. The number of carbonyl (C=O) groups excluding carboxylic acids is 2. The van der Waals surface area contributed by atoms with Crippen molar-refractivity contribution in [3.63, 3.8) is 0 Å². The first-order chi connectivity index (χ1) is 9.21. The van der Waals surface area contributed by atoms with E-state index in [2.05, 4.69) is 19.2 Å². The fourth-order valence-electron chi connectivity index (χ4n) is 2.07. The van der Waals surface area contributed by atoms with Gasteiger partial charge in [-0.25, -0.2) is 0 Å². The summed E-state index contributed by atoms with van der Waals surface area (Å²) in [4.78, 5) is 26.5. The highest BCUT2D eigenvalue weighted by Gasteiger charge is 2.31. The van der Waals surface area contributed by atoms with Gasteiger partial charge in [-0.3, -0.25) is 9.59 Å². The number of morpholine rings is 1. The molecular weight excluding hydrogens is 256 g/mol. The van der Waals surface area contributed by atoms with Crippen LogP contribution in [0.25, 0.3) is 0 Å². The minimum absolute atomic E-state index is 0.0135. The number of ether oxygens (including phenoxy) is 1.